The fraction of sp³-hybridized carbons (Fsp3) is 0.615. The van der Waals surface area contributed by atoms with Crippen molar-refractivity contribution in [3.63, 3.8) is 0 Å². The zero-order chi connectivity index (χ0) is 12.0. The molecule has 3 nitrogen and oxygen atoms in total. The molecule has 1 N–H and O–H groups in total. The van der Waals surface area contributed by atoms with Crippen molar-refractivity contribution in [3.8, 4) is 0 Å². The third-order valence-corrected chi connectivity index (χ3v) is 2.61. The second-order valence-corrected chi connectivity index (χ2v) is 4.53. The second kappa shape index (κ2) is 6.61. The molecule has 1 aromatic rings. The molecule has 1 rings (SSSR count). The number of nitrogens with zero attached hydrogens (tertiary/aromatic N) is 1. The molecular formula is C13H22N2O. The first-order chi connectivity index (χ1) is 7.65. The molecule has 0 aliphatic heterocycles. The van der Waals surface area contributed by atoms with Gasteiger partial charge in [0.1, 0.15) is 0 Å². The molecule has 3 heteroatoms. The van der Waals surface area contributed by atoms with Crippen LogP contribution in [0.4, 0.5) is 0 Å². The number of ether oxygens (including phenoxy) is 1. The van der Waals surface area contributed by atoms with E-state index in [1.807, 2.05) is 12.4 Å². The lowest BCUT2D eigenvalue weighted by atomic mass is 9.96. The molecule has 0 amide bonds. The van der Waals surface area contributed by atoms with E-state index in [9.17, 15) is 0 Å². The van der Waals surface area contributed by atoms with Gasteiger partial charge in [-0.3, -0.25) is 4.98 Å². The standard InChI is InChI=1S/C13H22N2O/c1-10(2)13(15-11(3)9-16-4)12-5-7-14-8-6-12/h5-8,10-11,13,15H,9H2,1-4H3. The highest BCUT2D eigenvalue weighted by atomic mass is 16.5. The van der Waals surface area contributed by atoms with Gasteiger partial charge in [0, 0.05) is 31.6 Å². The Bertz CT molecular complexity index is 287. The van der Waals surface area contributed by atoms with Crippen LogP contribution in [0.2, 0.25) is 0 Å². The summed E-state index contributed by atoms with van der Waals surface area (Å²) >= 11 is 0. The summed E-state index contributed by atoms with van der Waals surface area (Å²) in [5, 5.41) is 3.58. The summed E-state index contributed by atoms with van der Waals surface area (Å²) in [5.74, 6) is 0.543. The van der Waals surface area contributed by atoms with Crippen LogP contribution in [-0.2, 0) is 4.74 Å². The van der Waals surface area contributed by atoms with Gasteiger partial charge in [0.15, 0.2) is 0 Å². The van der Waals surface area contributed by atoms with Crippen molar-refractivity contribution in [2.24, 2.45) is 5.92 Å². The SMILES string of the molecule is COCC(C)NC(c1ccncc1)C(C)C. The highest BCUT2D eigenvalue weighted by molar-refractivity contribution is 5.15. The van der Waals surface area contributed by atoms with Crippen LogP contribution in [0, 0.1) is 5.92 Å². The minimum absolute atomic E-state index is 0.352. The molecule has 1 aromatic heterocycles. The van der Waals surface area contributed by atoms with E-state index in [0.29, 0.717) is 18.0 Å². The van der Waals surface area contributed by atoms with Gasteiger partial charge in [0.25, 0.3) is 0 Å². The average molecular weight is 222 g/mol. The molecule has 0 saturated carbocycles. The van der Waals surface area contributed by atoms with E-state index < -0.39 is 0 Å². The van der Waals surface area contributed by atoms with Gasteiger partial charge >= 0.3 is 0 Å². The van der Waals surface area contributed by atoms with Crippen molar-refractivity contribution in [2.45, 2.75) is 32.9 Å². The number of aromatic nitrogens is 1. The van der Waals surface area contributed by atoms with E-state index in [4.69, 9.17) is 4.74 Å². The predicted octanol–water partition coefficient (Wildman–Crippen LogP) is 2.40. The van der Waals surface area contributed by atoms with E-state index in [2.05, 4.69) is 43.2 Å². The van der Waals surface area contributed by atoms with Crippen molar-refractivity contribution < 1.29 is 4.74 Å². The monoisotopic (exact) mass is 222 g/mol. The Morgan fingerprint density at radius 3 is 2.38 bits per heavy atom. The highest BCUT2D eigenvalue weighted by Gasteiger charge is 2.17. The summed E-state index contributed by atoms with van der Waals surface area (Å²) in [5.41, 5.74) is 1.29. The molecular weight excluding hydrogens is 200 g/mol. The maximum absolute atomic E-state index is 5.15. The van der Waals surface area contributed by atoms with Crippen LogP contribution in [0.1, 0.15) is 32.4 Å². The maximum atomic E-state index is 5.15. The zero-order valence-corrected chi connectivity index (χ0v) is 10.6. The van der Waals surface area contributed by atoms with Crippen LogP contribution in [-0.4, -0.2) is 24.7 Å². The molecule has 0 saturated heterocycles. The van der Waals surface area contributed by atoms with Crippen molar-refractivity contribution >= 4 is 0 Å². The van der Waals surface area contributed by atoms with E-state index in [1.54, 1.807) is 7.11 Å². The summed E-state index contributed by atoms with van der Waals surface area (Å²) < 4.78 is 5.15. The maximum Gasteiger partial charge on any atom is 0.0613 e. The molecule has 16 heavy (non-hydrogen) atoms. The largest absolute Gasteiger partial charge is 0.383 e. The number of rotatable bonds is 6. The predicted molar refractivity (Wildman–Crippen MR) is 66.3 cm³/mol. The first-order valence-electron chi connectivity index (χ1n) is 5.80. The number of nitrogens with one attached hydrogen (secondary N) is 1. The molecule has 0 aliphatic carbocycles. The number of methoxy groups -OCH3 is 1. The van der Waals surface area contributed by atoms with Gasteiger partial charge in [0.05, 0.1) is 6.61 Å². The van der Waals surface area contributed by atoms with E-state index in [-0.39, 0.29) is 0 Å². The second-order valence-electron chi connectivity index (χ2n) is 4.53. The van der Waals surface area contributed by atoms with E-state index in [1.165, 1.54) is 5.56 Å². The van der Waals surface area contributed by atoms with Crippen molar-refractivity contribution in [1.82, 2.24) is 10.3 Å². The number of hydrogen-bond acceptors (Lipinski definition) is 3. The fourth-order valence-electron chi connectivity index (χ4n) is 1.85. The summed E-state index contributed by atoms with van der Waals surface area (Å²) in [4.78, 5) is 4.05. The molecule has 0 aromatic carbocycles. The van der Waals surface area contributed by atoms with Gasteiger partial charge in [0.2, 0.25) is 0 Å². The van der Waals surface area contributed by atoms with Crippen LogP contribution < -0.4 is 5.32 Å². The Morgan fingerprint density at radius 1 is 1.25 bits per heavy atom. The minimum Gasteiger partial charge on any atom is -0.383 e. The van der Waals surface area contributed by atoms with Gasteiger partial charge < -0.3 is 10.1 Å². The number of pyridine rings is 1. The Balaban J connectivity index is 2.69. The molecule has 2 unspecified atom stereocenters. The van der Waals surface area contributed by atoms with Gasteiger partial charge in [-0.2, -0.15) is 0 Å². The molecule has 0 fully saturated rings. The molecule has 0 radical (unpaired) electrons. The lowest BCUT2D eigenvalue weighted by molar-refractivity contribution is 0.162. The van der Waals surface area contributed by atoms with Crippen molar-refractivity contribution in [2.75, 3.05) is 13.7 Å². The van der Waals surface area contributed by atoms with Gasteiger partial charge in [-0.25, -0.2) is 0 Å². The normalized spacial score (nSPS) is 15.1. The third-order valence-electron chi connectivity index (χ3n) is 2.61. The van der Waals surface area contributed by atoms with Crippen LogP contribution in [0.3, 0.4) is 0 Å². The zero-order valence-electron chi connectivity index (χ0n) is 10.6. The Hall–Kier alpha value is -0.930. The smallest absolute Gasteiger partial charge is 0.0613 e. The number of hydrogen-bond donors (Lipinski definition) is 1. The first-order valence-corrected chi connectivity index (χ1v) is 5.80. The Morgan fingerprint density at radius 2 is 1.88 bits per heavy atom. The molecule has 90 valence electrons. The topological polar surface area (TPSA) is 34.1 Å². The molecule has 0 spiro atoms. The minimum atomic E-state index is 0.352. The molecule has 2 atom stereocenters. The Kier molecular flexibility index (Phi) is 5.43. The summed E-state index contributed by atoms with van der Waals surface area (Å²) in [7, 11) is 1.73. The van der Waals surface area contributed by atoms with Gasteiger partial charge in [-0.15, -0.1) is 0 Å². The lowest BCUT2D eigenvalue weighted by Gasteiger charge is -2.26. The summed E-state index contributed by atoms with van der Waals surface area (Å²) in [6.45, 7) is 7.31. The van der Waals surface area contributed by atoms with Gasteiger partial charge in [-0.05, 0) is 30.5 Å². The van der Waals surface area contributed by atoms with Crippen LogP contribution >= 0.6 is 0 Å². The summed E-state index contributed by atoms with van der Waals surface area (Å²) in [6, 6.07) is 4.84. The van der Waals surface area contributed by atoms with E-state index >= 15 is 0 Å². The van der Waals surface area contributed by atoms with Crippen LogP contribution in [0.25, 0.3) is 0 Å². The summed E-state index contributed by atoms with van der Waals surface area (Å²) in [6.07, 6.45) is 3.68. The van der Waals surface area contributed by atoms with Crippen LogP contribution in [0.5, 0.6) is 0 Å². The molecule has 0 aliphatic rings. The molecule has 0 bridgehead atoms. The van der Waals surface area contributed by atoms with E-state index in [0.717, 1.165) is 6.61 Å². The van der Waals surface area contributed by atoms with Crippen LogP contribution in [0.15, 0.2) is 24.5 Å². The first kappa shape index (κ1) is 13.1. The third kappa shape index (κ3) is 3.91. The Labute approximate surface area is 98.2 Å². The van der Waals surface area contributed by atoms with Crippen molar-refractivity contribution in [1.29, 1.82) is 0 Å². The average Bonchev–Trinajstić information content (AvgIpc) is 2.27. The molecule has 1 heterocycles. The van der Waals surface area contributed by atoms with Gasteiger partial charge in [-0.1, -0.05) is 13.8 Å². The highest BCUT2D eigenvalue weighted by Crippen LogP contribution is 2.21. The van der Waals surface area contributed by atoms with Crippen molar-refractivity contribution in [3.05, 3.63) is 30.1 Å². The fourth-order valence-corrected chi connectivity index (χ4v) is 1.85. The lowest BCUT2D eigenvalue weighted by Crippen LogP contribution is -2.36. The quantitative estimate of drug-likeness (QED) is 0.802.